The van der Waals surface area contributed by atoms with Gasteiger partial charge in [0.25, 0.3) is 0 Å². The highest BCUT2D eigenvalue weighted by Crippen LogP contribution is 2.75. The Bertz CT molecular complexity index is 795. The average Bonchev–Trinajstić information content (AvgIpc) is 3.01. The molecule has 0 bridgehead atoms. The molecule has 3 fully saturated rings. The van der Waals surface area contributed by atoms with Crippen LogP contribution in [0.5, 0.6) is 0 Å². The van der Waals surface area contributed by atoms with E-state index in [1.807, 2.05) is 11.1 Å². The maximum Gasteiger partial charge on any atom is -0.00196 e. The smallest absolute Gasteiger partial charge is 0.00196 e. The molecule has 0 aliphatic heterocycles. The van der Waals surface area contributed by atoms with Gasteiger partial charge < -0.3 is 0 Å². The molecule has 0 radical (unpaired) electrons. The Morgan fingerprint density at radius 3 is 2.23 bits per heavy atom. The third-order valence-electron chi connectivity index (χ3n) is 12.4. The van der Waals surface area contributed by atoms with Crippen LogP contribution in [0.3, 0.4) is 0 Å². The zero-order valence-corrected chi connectivity index (χ0v) is 21.3. The molecule has 0 N–H and O–H groups in total. The van der Waals surface area contributed by atoms with E-state index in [1.165, 1.54) is 57.8 Å². The van der Waals surface area contributed by atoms with Crippen LogP contribution >= 0.6 is 0 Å². The lowest BCUT2D eigenvalue weighted by molar-refractivity contribution is -0.0863. The third kappa shape index (κ3) is 2.41. The second-order valence-corrected chi connectivity index (χ2v) is 14.2. The predicted octanol–water partition coefficient (Wildman–Crippen LogP) is 8.97. The van der Waals surface area contributed by atoms with E-state index < -0.39 is 0 Å². The molecule has 0 heteroatoms. The van der Waals surface area contributed by atoms with Crippen LogP contribution in [0.15, 0.2) is 23.3 Å². The molecule has 0 nitrogen and oxygen atoms in total. The number of hydrogen-bond acceptors (Lipinski definition) is 0. The van der Waals surface area contributed by atoms with Crippen molar-refractivity contribution in [2.45, 2.75) is 113 Å². The van der Waals surface area contributed by atoms with Gasteiger partial charge in [0.05, 0.1) is 0 Å². The lowest BCUT2D eigenvalue weighted by Crippen LogP contribution is -2.58. The van der Waals surface area contributed by atoms with Gasteiger partial charge in [0.2, 0.25) is 0 Å². The molecule has 0 amide bonds. The predicted molar refractivity (Wildman–Crippen MR) is 129 cm³/mol. The van der Waals surface area contributed by atoms with Gasteiger partial charge in [-0.1, -0.05) is 85.1 Å². The number of fused-ring (bicyclic) bond motifs is 7. The van der Waals surface area contributed by atoms with Crippen LogP contribution in [0.4, 0.5) is 0 Å². The normalized spacial score (nSPS) is 52.0. The maximum absolute atomic E-state index is 2.81. The van der Waals surface area contributed by atoms with Crippen molar-refractivity contribution in [3.63, 3.8) is 0 Å². The van der Waals surface area contributed by atoms with Crippen LogP contribution in [0.2, 0.25) is 0 Å². The van der Waals surface area contributed by atoms with Gasteiger partial charge >= 0.3 is 0 Å². The summed E-state index contributed by atoms with van der Waals surface area (Å²) in [5.41, 5.74) is 6.02. The van der Waals surface area contributed by atoms with E-state index in [2.05, 4.69) is 67.5 Å². The van der Waals surface area contributed by atoms with Crippen molar-refractivity contribution in [3.05, 3.63) is 23.3 Å². The zero-order valence-electron chi connectivity index (χ0n) is 21.3. The second-order valence-electron chi connectivity index (χ2n) is 14.2. The molecule has 5 rings (SSSR count). The third-order valence-corrected chi connectivity index (χ3v) is 12.4. The van der Waals surface area contributed by atoms with Crippen molar-refractivity contribution in [1.29, 1.82) is 0 Å². The highest BCUT2D eigenvalue weighted by molar-refractivity contribution is 5.42. The fraction of sp³-hybridized carbons (Fsp3) is 0.867. The van der Waals surface area contributed by atoms with E-state index in [0.29, 0.717) is 27.1 Å². The van der Waals surface area contributed by atoms with Gasteiger partial charge in [-0.05, 0) is 102 Å². The van der Waals surface area contributed by atoms with Crippen LogP contribution in [-0.2, 0) is 0 Å². The molecule has 0 saturated heterocycles. The molecule has 0 heterocycles. The minimum absolute atomic E-state index is 0.374. The van der Waals surface area contributed by atoms with Gasteiger partial charge in [-0.25, -0.2) is 0 Å². The van der Waals surface area contributed by atoms with Crippen LogP contribution < -0.4 is 0 Å². The van der Waals surface area contributed by atoms with Gasteiger partial charge in [-0.2, -0.15) is 0 Å². The van der Waals surface area contributed by atoms with Gasteiger partial charge in [0.1, 0.15) is 0 Å². The Morgan fingerprint density at radius 2 is 1.53 bits per heavy atom. The standard InChI is InChI=1S/C30H48/c1-20(2)21-10-13-25-28(21,6)18-19-29(7)23-11-12-24-26(3,4)15-9-16-27(24,5)22(23)14-17-30(25,29)8/h11,13,20-22,24H,9-10,12,14-19H2,1-8H3/t21-,22+,24+,27-,28-,29-,30+/m1/s1. The monoisotopic (exact) mass is 408 g/mol. The first kappa shape index (κ1) is 21.3. The van der Waals surface area contributed by atoms with Gasteiger partial charge in [-0.3, -0.25) is 0 Å². The summed E-state index contributed by atoms with van der Waals surface area (Å²) in [5, 5.41) is 0. The van der Waals surface area contributed by atoms with Gasteiger partial charge in [-0.15, -0.1) is 0 Å². The minimum atomic E-state index is 0.374. The first-order chi connectivity index (χ1) is 13.9. The summed E-state index contributed by atoms with van der Waals surface area (Å²) in [6, 6.07) is 0. The molecule has 0 aromatic rings. The molecule has 0 aromatic carbocycles. The number of allylic oxidation sites excluding steroid dienone is 4. The largest absolute Gasteiger partial charge is 0.0841 e. The van der Waals surface area contributed by atoms with Gasteiger partial charge in [0, 0.05) is 0 Å². The lowest BCUT2D eigenvalue weighted by atomic mass is 9.37. The fourth-order valence-electron chi connectivity index (χ4n) is 10.5. The number of hydrogen-bond donors (Lipinski definition) is 0. The van der Waals surface area contributed by atoms with Crippen molar-refractivity contribution in [2.75, 3.05) is 0 Å². The summed E-state index contributed by atoms with van der Waals surface area (Å²) in [7, 11) is 0. The van der Waals surface area contributed by atoms with Crippen LogP contribution in [0.1, 0.15) is 113 Å². The molecule has 168 valence electrons. The summed E-state index contributed by atoms with van der Waals surface area (Å²) >= 11 is 0. The number of rotatable bonds is 1. The average molecular weight is 409 g/mol. The summed E-state index contributed by atoms with van der Waals surface area (Å²) in [4.78, 5) is 0. The molecular formula is C30H48. The van der Waals surface area contributed by atoms with Crippen molar-refractivity contribution in [2.24, 2.45) is 50.7 Å². The highest BCUT2D eigenvalue weighted by Gasteiger charge is 2.65. The van der Waals surface area contributed by atoms with E-state index in [-0.39, 0.29) is 0 Å². The van der Waals surface area contributed by atoms with E-state index >= 15 is 0 Å². The Labute approximate surface area is 187 Å². The van der Waals surface area contributed by atoms with Gasteiger partial charge in [0.15, 0.2) is 0 Å². The van der Waals surface area contributed by atoms with E-state index in [1.54, 1.807) is 0 Å². The Kier molecular flexibility index (Phi) is 4.47. The topological polar surface area (TPSA) is 0 Å². The first-order valence-corrected chi connectivity index (χ1v) is 13.3. The Balaban J connectivity index is 1.57. The molecule has 0 spiro atoms. The van der Waals surface area contributed by atoms with Crippen LogP contribution in [-0.4, -0.2) is 0 Å². The van der Waals surface area contributed by atoms with Crippen molar-refractivity contribution < 1.29 is 0 Å². The van der Waals surface area contributed by atoms with E-state index in [4.69, 9.17) is 0 Å². The molecule has 0 unspecified atom stereocenters. The van der Waals surface area contributed by atoms with Crippen molar-refractivity contribution >= 4 is 0 Å². The SMILES string of the molecule is CC(C)[C@H]1CC=C2[C@]1(C)CC[C@]1(C)C3=CC[C@H]4C(C)(C)CCC[C@]4(C)[C@H]3CC[C@@]21C. The Morgan fingerprint density at radius 1 is 0.800 bits per heavy atom. The maximum atomic E-state index is 2.81. The quantitative estimate of drug-likeness (QED) is 0.380. The second kappa shape index (κ2) is 6.29. The molecule has 3 saturated carbocycles. The fourth-order valence-corrected chi connectivity index (χ4v) is 10.5. The molecule has 7 atom stereocenters. The Hall–Kier alpha value is -0.520. The molecular weight excluding hydrogens is 360 g/mol. The van der Waals surface area contributed by atoms with Crippen molar-refractivity contribution in [3.8, 4) is 0 Å². The minimum Gasteiger partial charge on any atom is -0.0841 e. The zero-order chi connectivity index (χ0) is 21.7. The van der Waals surface area contributed by atoms with Crippen LogP contribution in [0.25, 0.3) is 0 Å². The lowest BCUT2D eigenvalue weighted by Gasteiger charge is -2.67. The molecule has 0 aromatic heterocycles. The summed E-state index contributed by atoms with van der Waals surface area (Å²) < 4.78 is 0. The summed E-state index contributed by atoms with van der Waals surface area (Å²) in [6.45, 7) is 20.8. The molecule has 30 heavy (non-hydrogen) atoms. The van der Waals surface area contributed by atoms with Crippen molar-refractivity contribution in [1.82, 2.24) is 0 Å². The first-order valence-electron chi connectivity index (χ1n) is 13.3. The van der Waals surface area contributed by atoms with Crippen LogP contribution in [0, 0.1) is 50.7 Å². The van der Waals surface area contributed by atoms with E-state index in [0.717, 1.165) is 23.7 Å². The van der Waals surface area contributed by atoms with E-state index in [9.17, 15) is 0 Å². The molecule has 5 aliphatic carbocycles. The summed E-state index contributed by atoms with van der Waals surface area (Å²) in [6.07, 6.45) is 18.2. The summed E-state index contributed by atoms with van der Waals surface area (Å²) in [5.74, 6) is 3.37. The molecule has 5 aliphatic rings. The highest BCUT2D eigenvalue weighted by atomic mass is 14.7.